The first-order chi connectivity index (χ1) is 12.1. The highest BCUT2D eigenvalue weighted by Gasteiger charge is 2.64. The first kappa shape index (κ1) is 18.9. The number of hydrogen-bond acceptors (Lipinski definition) is 3. The van der Waals surface area contributed by atoms with Gasteiger partial charge in [0.25, 0.3) is 0 Å². The molecule has 4 fully saturated rings. The fourth-order valence-corrected chi connectivity index (χ4v) is 8.38. The van der Waals surface area contributed by atoms with Crippen LogP contribution >= 0.6 is 0 Å². The molecule has 1 N–H and O–H groups in total. The molecule has 0 aromatic carbocycles. The van der Waals surface area contributed by atoms with Gasteiger partial charge < -0.3 is 9.84 Å². The number of hydrogen-bond donors (Lipinski definition) is 1. The van der Waals surface area contributed by atoms with Gasteiger partial charge in [-0.1, -0.05) is 13.8 Å². The highest BCUT2D eigenvalue weighted by atomic mass is 16.5. The number of carbonyl (C=O) groups excluding carboxylic acids is 1. The molecule has 148 valence electrons. The van der Waals surface area contributed by atoms with Crippen LogP contribution in [0.25, 0.3) is 0 Å². The quantitative estimate of drug-likeness (QED) is 0.780. The number of carbonyl (C=O) groups is 1. The van der Waals surface area contributed by atoms with Gasteiger partial charge in [-0.2, -0.15) is 0 Å². The van der Waals surface area contributed by atoms with Gasteiger partial charge in [0.05, 0.1) is 11.7 Å². The number of fused-ring (bicyclic) bond motifs is 5. The van der Waals surface area contributed by atoms with Gasteiger partial charge in [0.1, 0.15) is 5.78 Å². The third-order valence-electron chi connectivity index (χ3n) is 9.80. The summed E-state index contributed by atoms with van der Waals surface area (Å²) in [5.74, 6) is 3.23. The second kappa shape index (κ2) is 6.04. The largest absolute Gasteiger partial charge is 0.390 e. The second-order valence-corrected chi connectivity index (χ2v) is 10.9. The monoisotopic (exact) mass is 362 g/mol. The van der Waals surface area contributed by atoms with E-state index in [-0.39, 0.29) is 17.4 Å². The Morgan fingerprint density at radius 2 is 1.77 bits per heavy atom. The second-order valence-electron chi connectivity index (χ2n) is 10.9. The molecular weight excluding hydrogens is 324 g/mol. The van der Waals surface area contributed by atoms with E-state index in [1.165, 1.54) is 19.3 Å². The minimum atomic E-state index is -0.478. The molecule has 0 heterocycles. The molecule has 0 aromatic heterocycles. The Bertz CT molecular complexity index is 584. The molecule has 0 bridgehead atoms. The van der Waals surface area contributed by atoms with Gasteiger partial charge >= 0.3 is 0 Å². The van der Waals surface area contributed by atoms with Gasteiger partial charge in [-0.25, -0.2) is 0 Å². The van der Waals surface area contributed by atoms with E-state index >= 15 is 0 Å². The summed E-state index contributed by atoms with van der Waals surface area (Å²) in [4.78, 5) is 12.4. The van der Waals surface area contributed by atoms with Gasteiger partial charge in [-0.05, 0) is 94.3 Å². The normalized spacial score (nSPS) is 56.4. The Morgan fingerprint density at radius 1 is 1.04 bits per heavy atom. The topological polar surface area (TPSA) is 46.5 Å². The van der Waals surface area contributed by atoms with Crippen molar-refractivity contribution in [3.05, 3.63) is 0 Å². The van der Waals surface area contributed by atoms with Crippen molar-refractivity contribution >= 4 is 5.78 Å². The SMILES string of the molecule is CO[C@H]1C[C@H]2C(CC[C@H]3C[C@](C)(O)CC[C@@]32C)C2CC[C@H](C(C)=O)[C@]21C. The smallest absolute Gasteiger partial charge is 0.133 e. The maximum atomic E-state index is 12.4. The zero-order valence-electron chi connectivity index (χ0n) is 17.4. The van der Waals surface area contributed by atoms with Crippen LogP contribution < -0.4 is 0 Å². The van der Waals surface area contributed by atoms with Gasteiger partial charge in [0.2, 0.25) is 0 Å². The molecule has 0 radical (unpaired) electrons. The maximum Gasteiger partial charge on any atom is 0.133 e. The Labute approximate surface area is 159 Å². The molecule has 26 heavy (non-hydrogen) atoms. The van der Waals surface area contributed by atoms with E-state index in [0.29, 0.717) is 29.0 Å². The molecule has 0 amide bonds. The van der Waals surface area contributed by atoms with E-state index in [4.69, 9.17) is 4.74 Å². The predicted molar refractivity (Wildman–Crippen MR) is 103 cm³/mol. The highest BCUT2D eigenvalue weighted by molar-refractivity contribution is 5.79. The molecule has 9 atom stereocenters. The van der Waals surface area contributed by atoms with Gasteiger partial charge in [0.15, 0.2) is 0 Å². The average Bonchev–Trinajstić information content (AvgIpc) is 2.93. The van der Waals surface area contributed by atoms with Crippen LogP contribution in [0.4, 0.5) is 0 Å². The zero-order chi connectivity index (χ0) is 18.9. The summed E-state index contributed by atoms with van der Waals surface area (Å²) < 4.78 is 6.10. The molecule has 3 heteroatoms. The maximum absolute atomic E-state index is 12.4. The van der Waals surface area contributed by atoms with Crippen molar-refractivity contribution < 1.29 is 14.6 Å². The molecule has 4 saturated carbocycles. The molecular formula is C23H38O3. The van der Waals surface area contributed by atoms with Crippen molar-refractivity contribution in [1.82, 2.24) is 0 Å². The molecule has 3 nitrogen and oxygen atoms in total. The summed E-state index contributed by atoms with van der Waals surface area (Å²) in [6.07, 6.45) is 9.11. The van der Waals surface area contributed by atoms with Crippen LogP contribution in [0.1, 0.15) is 79.1 Å². The average molecular weight is 363 g/mol. The van der Waals surface area contributed by atoms with Gasteiger partial charge in [0, 0.05) is 18.4 Å². The number of Topliss-reactive ketones (excluding diaryl/α,β-unsaturated/α-hetero) is 1. The molecule has 0 spiro atoms. The summed E-state index contributed by atoms with van der Waals surface area (Å²) in [5.41, 5.74) is -0.128. The predicted octanol–water partition coefficient (Wildman–Crippen LogP) is 4.61. The van der Waals surface area contributed by atoms with Crippen LogP contribution in [0.15, 0.2) is 0 Å². The van der Waals surface area contributed by atoms with Gasteiger partial charge in [-0.3, -0.25) is 4.79 Å². The standard InChI is InChI=1S/C23H38O3/c1-14(24)17-8-9-18-16-7-6-15-13-21(2,25)10-11-22(15,3)19(16)12-20(26-5)23(17,18)4/h15-20,25H,6-13H2,1-5H3/t15-,16?,17+,18?,19-,20-,21+,22-,23+/m0/s1. The lowest BCUT2D eigenvalue weighted by atomic mass is 9.43. The Morgan fingerprint density at radius 3 is 2.42 bits per heavy atom. The third kappa shape index (κ3) is 2.49. The molecule has 4 aliphatic rings. The minimum absolute atomic E-state index is 0.0190. The van der Waals surface area contributed by atoms with Crippen molar-refractivity contribution in [2.24, 2.45) is 40.4 Å². The molecule has 0 aromatic rings. The van der Waals surface area contributed by atoms with Crippen LogP contribution in [0.2, 0.25) is 0 Å². The summed E-state index contributed by atoms with van der Waals surface area (Å²) in [6, 6.07) is 0. The lowest BCUT2D eigenvalue weighted by Crippen LogP contribution is -2.60. The first-order valence-electron chi connectivity index (χ1n) is 10.9. The van der Waals surface area contributed by atoms with Crippen LogP contribution in [0, 0.1) is 40.4 Å². The van der Waals surface area contributed by atoms with Crippen molar-refractivity contribution in [3.8, 4) is 0 Å². The van der Waals surface area contributed by atoms with Crippen molar-refractivity contribution in [1.29, 1.82) is 0 Å². The van der Waals surface area contributed by atoms with Crippen LogP contribution in [-0.2, 0) is 9.53 Å². The van der Waals surface area contributed by atoms with E-state index in [9.17, 15) is 9.90 Å². The van der Waals surface area contributed by atoms with Crippen LogP contribution in [-0.4, -0.2) is 29.7 Å². The summed E-state index contributed by atoms with van der Waals surface area (Å²) >= 11 is 0. The van der Waals surface area contributed by atoms with E-state index in [1.54, 1.807) is 6.92 Å². The van der Waals surface area contributed by atoms with Crippen LogP contribution in [0.3, 0.4) is 0 Å². The first-order valence-corrected chi connectivity index (χ1v) is 10.9. The lowest BCUT2D eigenvalue weighted by molar-refractivity contribution is -0.188. The number of ether oxygens (including phenoxy) is 1. The van der Waals surface area contributed by atoms with Crippen molar-refractivity contribution in [2.45, 2.75) is 90.8 Å². The molecule has 4 aliphatic carbocycles. The third-order valence-corrected chi connectivity index (χ3v) is 9.80. The number of ketones is 1. The molecule has 0 saturated heterocycles. The number of rotatable bonds is 2. The summed E-state index contributed by atoms with van der Waals surface area (Å²) in [5, 5.41) is 10.6. The minimum Gasteiger partial charge on any atom is -0.390 e. The molecule has 0 aliphatic heterocycles. The van der Waals surface area contributed by atoms with E-state index in [0.717, 1.165) is 38.0 Å². The van der Waals surface area contributed by atoms with E-state index < -0.39 is 5.60 Å². The highest BCUT2D eigenvalue weighted by Crippen LogP contribution is 2.68. The Kier molecular flexibility index (Phi) is 4.40. The fraction of sp³-hybridized carbons (Fsp3) is 0.957. The van der Waals surface area contributed by atoms with Crippen molar-refractivity contribution in [2.75, 3.05) is 7.11 Å². The van der Waals surface area contributed by atoms with Gasteiger partial charge in [-0.15, -0.1) is 0 Å². The number of aliphatic hydroxyl groups is 1. The Hall–Kier alpha value is -0.410. The Balaban J connectivity index is 1.68. The zero-order valence-corrected chi connectivity index (χ0v) is 17.4. The lowest BCUT2D eigenvalue weighted by Gasteiger charge is -2.63. The van der Waals surface area contributed by atoms with Crippen molar-refractivity contribution in [3.63, 3.8) is 0 Å². The van der Waals surface area contributed by atoms with Crippen LogP contribution in [0.5, 0.6) is 0 Å². The van der Waals surface area contributed by atoms with E-state index in [1.807, 2.05) is 14.0 Å². The summed E-state index contributed by atoms with van der Waals surface area (Å²) in [7, 11) is 1.86. The van der Waals surface area contributed by atoms with E-state index in [2.05, 4.69) is 13.8 Å². The molecule has 4 rings (SSSR count). The summed E-state index contributed by atoms with van der Waals surface area (Å²) in [6.45, 7) is 8.69. The molecule has 2 unspecified atom stereocenters. The number of methoxy groups -OCH3 is 1. The fourth-order valence-electron chi connectivity index (χ4n) is 8.38.